The second-order valence-corrected chi connectivity index (χ2v) is 5.21. The Morgan fingerprint density at radius 2 is 1.95 bits per heavy atom. The van der Waals surface area contributed by atoms with Crippen LogP contribution in [0.2, 0.25) is 0 Å². The lowest BCUT2D eigenvalue weighted by atomic mass is 9.84. The minimum atomic E-state index is -0.628. The third-order valence-corrected chi connectivity index (χ3v) is 4.00. The molecule has 0 bridgehead atoms. The fourth-order valence-electron chi connectivity index (χ4n) is 3.26. The zero-order valence-electron chi connectivity index (χ0n) is 11.6. The molecule has 19 heavy (non-hydrogen) atoms. The van der Waals surface area contributed by atoms with Crippen molar-refractivity contribution in [1.29, 1.82) is 0 Å². The number of phenolic OH excluding ortho intramolecular Hbond substituents is 1. The van der Waals surface area contributed by atoms with Gasteiger partial charge in [0.05, 0.1) is 7.11 Å². The van der Waals surface area contributed by atoms with E-state index in [2.05, 4.69) is 4.99 Å². The van der Waals surface area contributed by atoms with Gasteiger partial charge in [-0.2, -0.15) is 4.99 Å². The number of nitrogens with zero attached hydrogens (tertiary/aromatic N) is 1. The van der Waals surface area contributed by atoms with E-state index in [1.165, 1.54) is 7.11 Å². The molecule has 0 spiro atoms. The van der Waals surface area contributed by atoms with Gasteiger partial charge in [0.25, 0.3) is 0 Å². The number of phenols is 1. The molecule has 1 aliphatic rings. The maximum absolute atomic E-state index is 10.8. The summed E-state index contributed by atoms with van der Waals surface area (Å²) in [4.78, 5) is 14.8. The molecule has 1 aliphatic carbocycles. The number of aromatic hydroxyl groups is 1. The van der Waals surface area contributed by atoms with Crippen LogP contribution in [0.15, 0.2) is 11.1 Å². The molecule has 0 atom stereocenters. The highest BCUT2D eigenvalue weighted by Gasteiger charge is 2.40. The van der Waals surface area contributed by atoms with E-state index >= 15 is 0 Å². The molecule has 0 radical (unpaired) electrons. The van der Waals surface area contributed by atoms with Crippen LogP contribution in [0.5, 0.6) is 11.5 Å². The Bertz CT molecular complexity index is 539. The van der Waals surface area contributed by atoms with E-state index < -0.39 is 5.54 Å². The van der Waals surface area contributed by atoms with Gasteiger partial charge in [0.1, 0.15) is 5.54 Å². The van der Waals surface area contributed by atoms with Crippen LogP contribution in [-0.2, 0) is 10.3 Å². The van der Waals surface area contributed by atoms with Gasteiger partial charge in [-0.15, -0.1) is 0 Å². The van der Waals surface area contributed by atoms with Gasteiger partial charge in [-0.25, -0.2) is 4.79 Å². The fraction of sp³-hybridized carbons (Fsp3) is 0.533. The van der Waals surface area contributed by atoms with Gasteiger partial charge in [-0.1, -0.05) is 18.9 Å². The summed E-state index contributed by atoms with van der Waals surface area (Å²) in [7, 11) is 1.53. The molecule has 0 aliphatic heterocycles. The lowest BCUT2D eigenvalue weighted by Crippen LogP contribution is -2.21. The smallest absolute Gasteiger partial charge is 0.235 e. The summed E-state index contributed by atoms with van der Waals surface area (Å²) >= 11 is 0. The molecule has 1 aromatic carbocycles. The minimum Gasteiger partial charge on any atom is -0.504 e. The number of aryl methyl sites for hydroxylation is 2. The molecular weight excluding hydrogens is 242 g/mol. The van der Waals surface area contributed by atoms with Gasteiger partial charge in [-0.3, -0.25) is 0 Å². The summed E-state index contributed by atoms with van der Waals surface area (Å²) in [6, 6.07) is 1.97. The van der Waals surface area contributed by atoms with Gasteiger partial charge >= 0.3 is 0 Å². The van der Waals surface area contributed by atoms with Gasteiger partial charge in [-0.05, 0) is 37.8 Å². The first kappa shape index (κ1) is 13.6. The van der Waals surface area contributed by atoms with Crippen molar-refractivity contribution in [3.63, 3.8) is 0 Å². The SMILES string of the molecule is COc1c(C)cc(C)c(C2(N=C=O)CCCC2)c1O. The lowest BCUT2D eigenvalue weighted by Gasteiger charge is -2.27. The van der Waals surface area contributed by atoms with E-state index in [1.807, 2.05) is 19.9 Å². The summed E-state index contributed by atoms with van der Waals surface area (Å²) < 4.78 is 5.26. The highest BCUT2D eigenvalue weighted by Crippen LogP contribution is 2.50. The van der Waals surface area contributed by atoms with Crippen LogP contribution in [-0.4, -0.2) is 18.3 Å². The Balaban J connectivity index is 2.70. The van der Waals surface area contributed by atoms with Crippen LogP contribution in [0, 0.1) is 13.8 Å². The maximum atomic E-state index is 10.8. The van der Waals surface area contributed by atoms with Crippen LogP contribution in [0.4, 0.5) is 0 Å². The van der Waals surface area contributed by atoms with E-state index in [4.69, 9.17) is 4.74 Å². The zero-order chi connectivity index (χ0) is 14.0. The predicted molar refractivity (Wildman–Crippen MR) is 72.4 cm³/mol. The van der Waals surface area contributed by atoms with Crippen LogP contribution in [0.3, 0.4) is 0 Å². The fourth-order valence-corrected chi connectivity index (χ4v) is 3.26. The third-order valence-electron chi connectivity index (χ3n) is 4.00. The Morgan fingerprint density at radius 1 is 1.32 bits per heavy atom. The first-order valence-electron chi connectivity index (χ1n) is 6.52. The quantitative estimate of drug-likeness (QED) is 0.671. The molecule has 0 heterocycles. The van der Waals surface area contributed by atoms with E-state index in [0.29, 0.717) is 5.75 Å². The van der Waals surface area contributed by atoms with Crippen molar-refractivity contribution >= 4 is 6.08 Å². The molecule has 0 amide bonds. The molecule has 4 nitrogen and oxygen atoms in total. The largest absolute Gasteiger partial charge is 0.504 e. The van der Waals surface area contributed by atoms with Crippen LogP contribution in [0.25, 0.3) is 0 Å². The van der Waals surface area contributed by atoms with Crippen molar-refractivity contribution in [3.8, 4) is 11.5 Å². The zero-order valence-corrected chi connectivity index (χ0v) is 11.6. The van der Waals surface area contributed by atoms with E-state index in [-0.39, 0.29) is 5.75 Å². The first-order chi connectivity index (χ1) is 9.05. The third kappa shape index (κ3) is 2.13. The van der Waals surface area contributed by atoms with Crippen molar-refractivity contribution in [3.05, 3.63) is 22.8 Å². The van der Waals surface area contributed by atoms with Crippen molar-refractivity contribution in [2.75, 3.05) is 7.11 Å². The number of methoxy groups -OCH3 is 1. The summed E-state index contributed by atoms with van der Waals surface area (Å²) in [5.41, 5.74) is 1.91. The van der Waals surface area contributed by atoms with Crippen molar-refractivity contribution < 1.29 is 14.6 Å². The molecule has 0 aromatic heterocycles. The Labute approximate surface area is 113 Å². The normalized spacial score (nSPS) is 17.0. The monoisotopic (exact) mass is 261 g/mol. The van der Waals surface area contributed by atoms with E-state index in [0.717, 1.165) is 42.4 Å². The topological polar surface area (TPSA) is 58.9 Å². The Hall–Kier alpha value is -1.80. The highest BCUT2D eigenvalue weighted by atomic mass is 16.5. The molecule has 2 rings (SSSR count). The number of hydrogen-bond acceptors (Lipinski definition) is 4. The number of ether oxygens (including phenoxy) is 1. The number of rotatable bonds is 3. The second kappa shape index (κ2) is 5.06. The van der Waals surface area contributed by atoms with E-state index in [9.17, 15) is 9.90 Å². The molecule has 0 saturated heterocycles. The molecule has 1 saturated carbocycles. The van der Waals surface area contributed by atoms with Crippen molar-refractivity contribution in [2.24, 2.45) is 4.99 Å². The molecule has 1 N–H and O–H groups in total. The lowest BCUT2D eigenvalue weighted by molar-refractivity contribution is 0.352. The van der Waals surface area contributed by atoms with Crippen molar-refractivity contribution in [2.45, 2.75) is 45.1 Å². The number of isocyanates is 1. The number of benzene rings is 1. The average molecular weight is 261 g/mol. The van der Waals surface area contributed by atoms with Crippen LogP contribution in [0.1, 0.15) is 42.4 Å². The van der Waals surface area contributed by atoms with Gasteiger partial charge in [0.2, 0.25) is 6.08 Å². The first-order valence-corrected chi connectivity index (χ1v) is 6.52. The molecule has 4 heteroatoms. The summed E-state index contributed by atoms with van der Waals surface area (Å²) in [6.07, 6.45) is 5.21. The standard InChI is InChI=1S/C15H19NO3/c1-10-8-11(2)14(19-3)13(18)12(10)15(16-9-17)6-4-5-7-15/h8,18H,4-7H2,1-3H3. The predicted octanol–water partition coefficient (Wildman–Crippen LogP) is 3.12. The molecular formula is C15H19NO3. The molecule has 1 aromatic rings. The number of hydrogen-bond donors (Lipinski definition) is 1. The Morgan fingerprint density at radius 3 is 2.47 bits per heavy atom. The molecule has 102 valence electrons. The highest BCUT2D eigenvalue weighted by molar-refractivity contribution is 5.58. The summed E-state index contributed by atoms with van der Waals surface area (Å²) in [6.45, 7) is 3.82. The van der Waals surface area contributed by atoms with Gasteiger partial charge < -0.3 is 9.84 Å². The summed E-state index contributed by atoms with van der Waals surface area (Å²) in [5.74, 6) is 0.578. The van der Waals surface area contributed by atoms with Gasteiger partial charge in [0.15, 0.2) is 11.5 Å². The molecule has 1 fully saturated rings. The number of aliphatic imine (C=N–C) groups is 1. The number of carbonyl (C=O) groups excluding carboxylic acids is 1. The molecule has 0 unspecified atom stereocenters. The average Bonchev–Trinajstić information content (AvgIpc) is 2.78. The Kier molecular flexibility index (Phi) is 3.63. The maximum Gasteiger partial charge on any atom is 0.235 e. The minimum absolute atomic E-state index is 0.112. The second-order valence-electron chi connectivity index (χ2n) is 5.21. The van der Waals surface area contributed by atoms with Crippen LogP contribution < -0.4 is 4.74 Å². The summed E-state index contributed by atoms with van der Waals surface area (Å²) in [5, 5.41) is 10.5. The van der Waals surface area contributed by atoms with Crippen molar-refractivity contribution in [1.82, 2.24) is 0 Å². The van der Waals surface area contributed by atoms with Crippen LogP contribution >= 0.6 is 0 Å². The van der Waals surface area contributed by atoms with E-state index in [1.54, 1.807) is 6.08 Å². The van der Waals surface area contributed by atoms with Gasteiger partial charge in [0, 0.05) is 5.56 Å².